The lowest BCUT2D eigenvalue weighted by molar-refractivity contribution is -0.885. The van der Waals surface area contributed by atoms with Gasteiger partial charge in [0.15, 0.2) is 6.54 Å². The van der Waals surface area contributed by atoms with Crippen LogP contribution in [0.4, 0.5) is 4.79 Å². The van der Waals surface area contributed by atoms with Crippen LogP contribution < -0.4 is 15.5 Å². The second-order valence-corrected chi connectivity index (χ2v) is 5.12. The Morgan fingerprint density at radius 1 is 1.10 bits per heavy atom. The van der Waals surface area contributed by atoms with Crippen molar-refractivity contribution in [1.82, 2.24) is 10.6 Å². The number of nitrogens with one attached hydrogen (secondary N) is 3. The minimum Gasteiger partial charge on any atom is -0.341 e. The van der Waals surface area contributed by atoms with Crippen LogP contribution in [0.1, 0.15) is 5.56 Å². The van der Waals surface area contributed by atoms with Gasteiger partial charge in [0.25, 0.3) is 5.91 Å². The van der Waals surface area contributed by atoms with Crippen LogP contribution >= 0.6 is 0 Å². The smallest absolute Gasteiger partial charge is 0.321 e. The van der Waals surface area contributed by atoms with E-state index in [0.29, 0.717) is 0 Å². The number of carbonyl (C=O) groups is 2. The van der Waals surface area contributed by atoms with Crippen molar-refractivity contribution in [3.63, 3.8) is 0 Å². The molecule has 0 radical (unpaired) electrons. The molecular weight excluding hydrogens is 266 g/mol. The third-order valence-corrected chi connectivity index (χ3v) is 3.26. The van der Waals surface area contributed by atoms with Crippen molar-refractivity contribution >= 4 is 22.7 Å². The molecule has 21 heavy (non-hydrogen) atoms. The van der Waals surface area contributed by atoms with E-state index in [-0.39, 0.29) is 12.5 Å². The summed E-state index contributed by atoms with van der Waals surface area (Å²) in [5.41, 5.74) is 1.17. The van der Waals surface area contributed by atoms with Crippen molar-refractivity contribution in [1.29, 1.82) is 0 Å². The first kappa shape index (κ1) is 15.0. The number of imide groups is 1. The number of fused-ring (bicyclic) bond motifs is 1. The molecule has 1 atom stereocenters. The molecule has 1 unspecified atom stereocenters. The van der Waals surface area contributed by atoms with E-state index in [1.165, 1.54) is 23.4 Å². The van der Waals surface area contributed by atoms with E-state index in [4.69, 9.17) is 0 Å². The molecule has 0 spiro atoms. The standard InChI is InChI=1S/C16H19N3O2/c1-17-16(21)18-15(20)11-19(2)10-12-7-8-13-5-3-4-6-14(13)9-12/h3-9H,10-11H2,1-2H3,(H2,17,18,20,21)/p+1. The Bertz CT molecular complexity index is 655. The van der Waals surface area contributed by atoms with Crippen molar-refractivity contribution in [2.45, 2.75) is 6.54 Å². The van der Waals surface area contributed by atoms with Crippen LogP contribution in [0.25, 0.3) is 10.8 Å². The zero-order chi connectivity index (χ0) is 15.2. The molecule has 0 aromatic heterocycles. The summed E-state index contributed by atoms with van der Waals surface area (Å²) >= 11 is 0. The third-order valence-electron chi connectivity index (χ3n) is 3.26. The highest BCUT2D eigenvalue weighted by atomic mass is 16.2. The number of quaternary nitrogens is 1. The molecule has 0 aliphatic carbocycles. The number of hydrogen-bond donors (Lipinski definition) is 3. The molecule has 0 bridgehead atoms. The first-order valence-corrected chi connectivity index (χ1v) is 6.89. The normalized spacial score (nSPS) is 11.9. The number of urea groups is 1. The summed E-state index contributed by atoms with van der Waals surface area (Å²) < 4.78 is 0. The monoisotopic (exact) mass is 286 g/mol. The molecule has 0 aliphatic rings. The van der Waals surface area contributed by atoms with Crippen LogP contribution in [0.15, 0.2) is 42.5 Å². The van der Waals surface area contributed by atoms with Gasteiger partial charge in [-0.2, -0.15) is 0 Å². The maximum absolute atomic E-state index is 11.6. The Kier molecular flexibility index (Phi) is 4.90. The molecular formula is C16H20N3O2+. The molecule has 2 aromatic carbocycles. The van der Waals surface area contributed by atoms with Crippen LogP contribution in [-0.2, 0) is 11.3 Å². The van der Waals surface area contributed by atoms with Crippen molar-refractivity contribution in [3.8, 4) is 0 Å². The molecule has 0 fully saturated rings. The molecule has 0 saturated carbocycles. The first-order valence-electron chi connectivity index (χ1n) is 6.89. The van der Waals surface area contributed by atoms with Gasteiger partial charge in [0.05, 0.1) is 7.05 Å². The van der Waals surface area contributed by atoms with E-state index in [2.05, 4.69) is 41.0 Å². The van der Waals surface area contributed by atoms with Gasteiger partial charge in [-0.25, -0.2) is 4.79 Å². The molecule has 0 saturated heterocycles. The highest BCUT2D eigenvalue weighted by Crippen LogP contribution is 2.14. The fraction of sp³-hybridized carbons (Fsp3) is 0.250. The van der Waals surface area contributed by atoms with E-state index in [9.17, 15) is 9.59 Å². The van der Waals surface area contributed by atoms with Gasteiger partial charge in [-0.3, -0.25) is 10.1 Å². The van der Waals surface area contributed by atoms with E-state index in [0.717, 1.165) is 11.4 Å². The first-order chi connectivity index (χ1) is 10.1. The Labute approximate surface area is 123 Å². The molecule has 110 valence electrons. The maximum Gasteiger partial charge on any atom is 0.321 e. The Hall–Kier alpha value is -2.40. The van der Waals surface area contributed by atoms with E-state index in [1.807, 2.05) is 19.2 Å². The van der Waals surface area contributed by atoms with Crippen LogP contribution in [0, 0.1) is 0 Å². The number of rotatable bonds is 4. The van der Waals surface area contributed by atoms with Crippen LogP contribution in [0.2, 0.25) is 0 Å². The highest BCUT2D eigenvalue weighted by molar-refractivity contribution is 5.94. The molecule has 0 aliphatic heterocycles. The second-order valence-electron chi connectivity index (χ2n) is 5.12. The molecule has 3 amide bonds. The predicted octanol–water partition coefficient (Wildman–Crippen LogP) is 0.310. The third kappa shape index (κ3) is 4.29. The quantitative estimate of drug-likeness (QED) is 0.757. The lowest BCUT2D eigenvalue weighted by Crippen LogP contribution is -3.09. The number of likely N-dealkylation sites (N-methyl/N-ethyl adjacent to an activating group) is 1. The van der Waals surface area contributed by atoms with Gasteiger partial charge < -0.3 is 10.2 Å². The van der Waals surface area contributed by atoms with E-state index in [1.54, 1.807) is 0 Å². The van der Waals surface area contributed by atoms with E-state index < -0.39 is 6.03 Å². The van der Waals surface area contributed by atoms with Gasteiger partial charge >= 0.3 is 6.03 Å². The fourth-order valence-corrected chi connectivity index (χ4v) is 2.27. The summed E-state index contributed by atoms with van der Waals surface area (Å²) in [6.45, 7) is 0.978. The average Bonchev–Trinajstić information content (AvgIpc) is 2.46. The summed E-state index contributed by atoms with van der Waals surface area (Å²) in [5.74, 6) is -0.285. The van der Waals surface area contributed by atoms with Crippen molar-refractivity contribution in [2.24, 2.45) is 0 Å². The average molecular weight is 286 g/mol. The van der Waals surface area contributed by atoms with Crippen molar-refractivity contribution in [2.75, 3.05) is 20.6 Å². The minimum absolute atomic E-state index is 0.250. The topological polar surface area (TPSA) is 62.6 Å². The zero-order valence-electron chi connectivity index (χ0n) is 12.3. The summed E-state index contributed by atoms with van der Waals surface area (Å²) in [6, 6.07) is 14.0. The molecule has 2 rings (SSSR count). The van der Waals surface area contributed by atoms with Gasteiger partial charge in [0, 0.05) is 12.6 Å². The van der Waals surface area contributed by atoms with Crippen LogP contribution in [-0.4, -0.2) is 32.6 Å². The summed E-state index contributed by atoms with van der Waals surface area (Å²) in [4.78, 5) is 23.7. The molecule has 3 N–H and O–H groups in total. The fourth-order valence-electron chi connectivity index (χ4n) is 2.27. The van der Waals surface area contributed by atoms with Crippen LogP contribution in [0.3, 0.4) is 0 Å². The molecule has 5 heteroatoms. The molecule has 2 aromatic rings. The summed E-state index contributed by atoms with van der Waals surface area (Å²) in [7, 11) is 3.41. The van der Waals surface area contributed by atoms with Gasteiger partial charge in [-0.05, 0) is 16.8 Å². The minimum atomic E-state index is -0.474. The molecule has 5 nitrogen and oxygen atoms in total. The zero-order valence-corrected chi connectivity index (χ0v) is 12.3. The summed E-state index contributed by atoms with van der Waals surface area (Å²) in [5, 5.41) is 7.02. The van der Waals surface area contributed by atoms with Crippen LogP contribution in [0.5, 0.6) is 0 Å². The lowest BCUT2D eigenvalue weighted by Gasteiger charge is -2.14. The van der Waals surface area contributed by atoms with Crippen molar-refractivity contribution < 1.29 is 14.5 Å². The number of carbonyl (C=O) groups excluding carboxylic acids is 2. The Morgan fingerprint density at radius 2 is 1.81 bits per heavy atom. The number of amides is 3. The van der Waals surface area contributed by atoms with Gasteiger partial charge in [0.1, 0.15) is 6.54 Å². The van der Waals surface area contributed by atoms with Gasteiger partial charge in [-0.15, -0.1) is 0 Å². The van der Waals surface area contributed by atoms with E-state index >= 15 is 0 Å². The second kappa shape index (κ2) is 6.85. The van der Waals surface area contributed by atoms with Gasteiger partial charge in [0.2, 0.25) is 0 Å². The number of benzene rings is 2. The predicted molar refractivity (Wildman–Crippen MR) is 82.0 cm³/mol. The summed E-state index contributed by atoms with van der Waals surface area (Å²) in [6.07, 6.45) is 0. The Morgan fingerprint density at radius 3 is 2.52 bits per heavy atom. The Balaban J connectivity index is 1.96. The highest BCUT2D eigenvalue weighted by Gasteiger charge is 2.12. The largest absolute Gasteiger partial charge is 0.341 e. The maximum atomic E-state index is 11.6. The lowest BCUT2D eigenvalue weighted by atomic mass is 10.1. The van der Waals surface area contributed by atoms with Crippen molar-refractivity contribution in [3.05, 3.63) is 48.0 Å². The number of hydrogen-bond acceptors (Lipinski definition) is 2. The SMILES string of the molecule is CNC(=O)NC(=O)C[NH+](C)Cc1ccc2ccccc2c1. The van der Waals surface area contributed by atoms with Gasteiger partial charge in [-0.1, -0.05) is 36.4 Å². The molecule has 0 heterocycles.